The summed E-state index contributed by atoms with van der Waals surface area (Å²) in [5, 5.41) is 39.1. The molecule has 332 valence electrons. The fourth-order valence-electron chi connectivity index (χ4n) is 8.67. The van der Waals surface area contributed by atoms with E-state index in [-0.39, 0.29) is 19.1 Å². The highest BCUT2D eigenvalue weighted by atomic mass is 16.3. The number of hydrogen-bond donors (Lipinski definition) is 4. The van der Waals surface area contributed by atoms with Crippen LogP contribution in [0.3, 0.4) is 0 Å². The van der Waals surface area contributed by atoms with Crippen LogP contribution in [0.25, 0.3) is 66.8 Å². The molecule has 9 rings (SSSR count). The molecule has 0 heterocycles. The molecule has 0 saturated heterocycles. The number of hydrogen-bond acceptors (Lipinski definition) is 5. The molecular weight excluding hydrogens is 823 g/mol. The molecule has 0 amide bonds. The average Bonchev–Trinajstić information content (AvgIpc) is 3.41. The summed E-state index contributed by atoms with van der Waals surface area (Å²) < 4.78 is 0. The van der Waals surface area contributed by atoms with Crippen molar-refractivity contribution < 1.29 is 20.4 Å². The zero-order valence-corrected chi connectivity index (χ0v) is 37.9. The first-order valence-corrected chi connectivity index (χ1v) is 23.1. The quantitative estimate of drug-likeness (QED) is 0.0824. The van der Waals surface area contributed by atoms with E-state index in [4.69, 9.17) is 0 Å². The van der Waals surface area contributed by atoms with Gasteiger partial charge in [-0.25, -0.2) is 0 Å². The molecule has 9 aromatic carbocycles. The lowest BCUT2D eigenvalue weighted by molar-refractivity contribution is 0.0956. The molecule has 5 heteroatoms. The molecule has 5 nitrogen and oxygen atoms in total. The average molecular weight is 878 g/mol. The number of aliphatic hydroxyl groups is 4. The SMILES string of the molecule is CCC(O)c1ccc(-c2ccc(-c3ccc(N(c4ccc(-c5ccc(-c6ccc(C(C)CO)cc6)cc5)cc4)c4ccc(-c5ccc(-c6ccc(C(O)CO)cc6)cc5)cc4)cc3)cc2)cc1. The summed E-state index contributed by atoms with van der Waals surface area (Å²) >= 11 is 0. The predicted molar refractivity (Wildman–Crippen MR) is 277 cm³/mol. The maximum Gasteiger partial charge on any atom is 0.102 e. The Kier molecular flexibility index (Phi) is 13.7. The van der Waals surface area contributed by atoms with E-state index in [1.54, 1.807) is 0 Å². The lowest BCUT2D eigenvalue weighted by Crippen LogP contribution is -2.09. The van der Waals surface area contributed by atoms with Gasteiger partial charge in [-0.1, -0.05) is 196 Å². The number of aliphatic hydroxyl groups excluding tert-OH is 4. The topological polar surface area (TPSA) is 84.2 Å². The number of benzene rings is 9. The van der Waals surface area contributed by atoms with E-state index in [2.05, 4.69) is 187 Å². The highest BCUT2D eigenvalue weighted by molar-refractivity contribution is 5.82. The van der Waals surface area contributed by atoms with Crippen LogP contribution in [0.4, 0.5) is 17.1 Å². The van der Waals surface area contributed by atoms with Gasteiger partial charge >= 0.3 is 0 Å². The van der Waals surface area contributed by atoms with Crippen molar-refractivity contribution in [3.8, 4) is 66.8 Å². The first kappa shape index (κ1) is 44.8. The Bertz CT molecular complexity index is 2650. The number of anilines is 3. The smallest absolute Gasteiger partial charge is 0.102 e. The lowest BCUT2D eigenvalue weighted by atomic mass is 9.96. The van der Waals surface area contributed by atoms with E-state index in [0.29, 0.717) is 12.0 Å². The van der Waals surface area contributed by atoms with Crippen LogP contribution in [-0.2, 0) is 0 Å². The molecule has 67 heavy (non-hydrogen) atoms. The Labute approximate surface area is 394 Å². The zero-order chi connectivity index (χ0) is 46.3. The zero-order valence-electron chi connectivity index (χ0n) is 37.9. The van der Waals surface area contributed by atoms with Gasteiger partial charge in [-0.05, 0) is 126 Å². The molecule has 0 aliphatic heterocycles. The summed E-state index contributed by atoms with van der Waals surface area (Å²) in [7, 11) is 0. The molecule has 0 bridgehead atoms. The van der Waals surface area contributed by atoms with Gasteiger partial charge in [-0.2, -0.15) is 0 Å². The van der Waals surface area contributed by atoms with Crippen LogP contribution in [0.15, 0.2) is 218 Å². The summed E-state index contributed by atoms with van der Waals surface area (Å²) in [5.41, 5.74) is 19.3. The Morgan fingerprint density at radius 3 is 0.731 bits per heavy atom. The Hall–Kier alpha value is -7.38. The third-order valence-electron chi connectivity index (χ3n) is 12.9. The third kappa shape index (κ3) is 10.1. The summed E-state index contributed by atoms with van der Waals surface area (Å²) in [6.45, 7) is 3.85. The summed E-state index contributed by atoms with van der Waals surface area (Å²) in [4.78, 5) is 2.30. The molecule has 0 radical (unpaired) electrons. The van der Waals surface area contributed by atoms with E-state index in [1.165, 1.54) is 0 Å². The van der Waals surface area contributed by atoms with E-state index in [1.807, 2.05) is 50.2 Å². The molecule has 0 aromatic heterocycles. The lowest BCUT2D eigenvalue weighted by Gasteiger charge is -2.26. The molecule has 0 aliphatic carbocycles. The normalized spacial score (nSPS) is 12.6. The van der Waals surface area contributed by atoms with E-state index in [9.17, 15) is 20.4 Å². The fourth-order valence-corrected chi connectivity index (χ4v) is 8.67. The summed E-state index contributed by atoms with van der Waals surface area (Å²) in [6, 6.07) is 76.4. The van der Waals surface area contributed by atoms with Gasteiger partial charge in [0.1, 0.15) is 6.10 Å². The van der Waals surface area contributed by atoms with Crippen molar-refractivity contribution in [2.45, 2.75) is 38.4 Å². The van der Waals surface area contributed by atoms with Crippen LogP contribution in [-0.4, -0.2) is 33.6 Å². The summed E-state index contributed by atoms with van der Waals surface area (Å²) in [5.74, 6) is 0.118. The van der Waals surface area contributed by atoms with E-state index >= 15 is 0 Å². The Balaban J connectivity index is 0.975. The van der Waals surface area contributed by atoms with Crippen molar-refractivity contribution >= 4 is 17.1 Å². The van der Waals surface area contributed by atoms with Gasteiger partial charge in [0.25, 0.3) is 0 Å². The van der Waals surface area contributed by atoms with Crippen molar-refractivity contribution in [2.24, 2.45) is 0 Å². The molecule has 3 atom stereocenters. The monoisotopic (exact) mass is 877 g/mol. The van der Waals surface area contributed by atoms with Crippen molar-refractivity contribution in [3.05, 3.63) is 235 Å². The van der Waals surface area contributed by atoms with Gasteiger partial charge < -0.3 is 25.3 Å². The minimum atomic E-state index is -0.877. The van der Waals surface area contributed by atoms with Gasteiger partial charge in [0.05, 0.1) is 12.7 Å². The molecular formula is C62H55NO4. The first-order valence-electron chi connectivity index (χ1n) is 23.1. The second kappa shape index (κ2) is 20.4. The van der Waals surface area contributed by atoms with Crippen molar-refractivity contribution in [1.29, 1.82) is 0 Å². The fraction of sp³-hybridized carbons (Fsp3) is 0.129. The summed E-state index contributed by atoms with van der Waals surface area (Å²) in [6.07, 6.45) is -0.623. The first-order chi connectivity index (χ1) is 32.8. The van der Waals surface area contributed by atoms with Crippen LogP contribution >= 0.6 is 0 Å². The molecule has 0 aliphatic rings. The minimum Gasteiger partial charge on any atom is -0.396 e. The van der Waals surface area contributed by atoms with Crippen LogP contribution in [0.5, 0.6) is 0 Å². The Morgan fingerprint density at radius 1 is 0.299 bits per heavy atom. The molecule has 0 saturated carbocycles. The minimum absolute atomic E-state index is 0.118. The highest BCUT2D eigenvalue weighted by Crippen LogP contribution is 2.39. The molecule has 4 N–H and O–H groups in total. The van der Waals surface area contributed by atoms with Gasteiger partial charge in [-0.3, -0.25) is 0 Å². The van der Waals surface area contributed by atoms with Crippen molar-refractivity contribution in [2.75, 3.05) is 18.1 Å². The molecule has 0 fully saturated rings. The van der Waals surface area contributed by atoms with Crippen LogP contribution < -0.4 is 4.90 Å². The maximum atomic E-state index is 10.2. The third-order valence-corrected chi connectivity index (χ3v) is 12.9. The highest BCUT2D eigenvalue weighted by Gasteiger charge is 2.15. The van der Waals surface area contributed by atoms with E-state index < -0.39 is 12.2 Å². The molecule has 3 unspecified atom stereocenters. The van der Waals surface area contributed by atoms with Gasteiger partial charge in [0.2, 0.25) is 0 Å². The van der Waals surface area contributed by atoms with Crippen molar-refractivity contribution in [1.82, 2.24) is 0 Å². The Morgan fingerprint density at radius 2 is 0.507 bits per heavy atom. The van der Waals surface area contributed by atoms with Gasteiger partial charge in [0.15, 0.2) is 0 Å². The van der Waals surface area contributed by atoms with Crippen molar-refractivity contribution in [3.63, 3.8) is 0 Å². The molecule has 0 spiro atoms. The molecule has 9 aromatic rings. The van der Waals surface area contributed by atoms with Gasteiger partial charge in [0, 0.05) is 29.6 Å². The van der Waals surface area contributed by atoms with Crippen LogP contribution in [0.2, 0.25) is 0 Å². The van der Waals surface area contributed by atoms with Crippen LogP contribution in [0, 0.1) is 0 Å². The number of nitrogens with zero attached hydrogens (tertiary/aromatic N) is 1. The second-order valence-corrected chi connectivity index (χ2v) is 17.3. The number of rotatable bonds is 15. The second-order valence-electron chi connectivity index (χ2n) is 17.3. The largest absolute Gasteiger partial charge is 0.396 e. The maximum absolute atomic E-state index is 10.2. The van der Waals surface area contributed by atoms with Crippen LogP contribution in [0.1, 0.15) is 55.1 Å². The standard InChI is InChI=1S/C62H55NO4/c1-3-61(66)56-24-20-51(21-25-56)46-10-16-49(17-11-46)54-30-36-59(37-31-54)63(58-34-28-53(29-35-58)48-14-8-45(9-15-48)44-6-4-43(5-7-44)42(2)40-64)60-38-32-55(33-39-60)50-18-12-47(13-19-50)52-22-26-57(27-23-52)62(67)41-65/h4-39,42,61-62,64-67H,3,40-41H2,1-2H3. The van der Waals surface area contributed by atoms with Gasteiger partial charge in [-0.15, -0.1) is 0 Å². The predicted octanol–water partition coefficient (Wildman–Crippen LogP) is 14.7. The van der Waals surface area contributed by atoms with E-state index in [0.717, 1.165) is 95.0 Å².